The Labute approximate surface area is 151 Å². The molecule has 0 aliphatic carbocycles. The van der Waals surface area contributed by atoms with E-state index in [1.807, 2.05) is 39.0 Å². The van der Waals surface area contributed by atoms with E-state index in [4.69, 9.17) is 4.74 Å². The Kier molecular flexibility index (Phi) is 4.67. The number of amides is 1. The zero-order valence-electron chi connectivity index (χ0n) is 15.4. The highest BCUT2D eigenvalue weighted by molar-refractivity contribution is 5.86. The number of esters is 1. The van der Waals surface area contributed by atoms with E-state index in [-0.39, 0.29) is 11.8 Å². The second-order valence-corrected chi connectivity index (χ2v) is 7.23. The number of hydrogen-bond donors (Lipinski definition) is 0. The molecule has 1 aromatic carbocycles. The summed E-state index contributed by atoms with van der Waals surface area (Å²) in [5.41, 5.74) is 2.86. The molecule has 2 heterocycles. The van der Waals surface area contributed by atoms with E-state index in [0.717, 1.165) is 16.7 Å². The summed E-state index contributed by atoms with van der Waals surface area (Å²) in [7, 11) is 1.30. The molecule has 0 saturated heterocycles. The van der Waals surface area contributed by atoms with Crippen molar-refractivity contribution in [2.45, 2.75) is 46.0 Å². The van der Waals surface area contributed by atoms with Gasteiger partial charge in [0.1, 0.15) is 5.60 Å². The third-order valence-corrected chi connectivity index (χ3v) is 3.92. The predicted molar refractivity (Wildman–Crippen MR) is 92.4 cm³/mol. The minimum atomic E-state index is -0.516. The number of aromatic nitrogens is 3. The number of ether oxygens (including phenoxy) is 2. The first kappa shape index (κ1) is 17.9. The highest BCUT2D eigenvalue weighted by Gasteiger charge is 2.27. The van der Waals surface area contributed by atoms with Crippen molar-refractivity contribution in [2.24, 2.45) is 0 Å². The molecule has 8 nitrogen and oxygen atoms in total. The fraction of sp³-hybridized carbons (Fsp3) is 0.444. The van der Waals surface area contributed by atoms with Crippen LogP contribution in [0.2, 0.25) is 0 Å². The standard InChI is InChI=1S/C18H22N4O4/c1-18(2,3)26-17(24)21-9-13-6-5-12(7-14(13)10-21)8-22-11-15(19-20-22)16(23)25-4/h5-7,11H,8-10H2,1-4H3. The van der Waals surface area contributed by atoms with Crippen molar-refractivity contribution >= 4 is 12.1 Å². The molecule has 0 spiro atoms. The Morgan fingerprint density at radius 3 is 2.62 bits per heavy atom. The van der Waals surface area contributed by atoms with Gasteiger partial charge in [-0.05, 0) is 37.5 Å². The van der Waals surface area contributed by atoms with Crippen LogP contribution in [0.3, 0.4) is 0 Å². The lowest BCUT2D eigenvalue weighted by Crippen LogP contribution is -2.33. The summed E-state index contributed by atoms with van der Waals surface area (Å²) in [4.78, 5) is 25.4. The molecule has 1 amide bonds. The summed E-state index contributed by atoms with van der Waals surface area (Å²) in [6.07, 6.45) is 1.24. The first-order chi connectivity index (χ1) is 12.2. The van der Waals surface area contributed by atoms with Gasteiger partial charge in [-0.15, -0.1) is 5.10 Å². The number of methoxy groups -OCH3 is 1. The van der Waals surface area contributed by atoms with Crippen LogP contribution >= 0.6 is 0 Å². The molecule has 0 bridgehead atoms. The van der Waals surface area contributed by atoms with Crippen LogP contribution in [-0.4, -0.2) is 44.7 Å². The summed E-state index contributed by atoms with van der Waals surface area (Å²) >= 11 is 0. The molecule has 2 aromatic rings. The quantitative estimate of drug-likeness (QED) is 0.783. The molecule has 0 unspecified atom stereocenters. The van der Waals surface area contributed by atoms with Crippen molar-refractivity contribution in [3.8, 4) is 0 Å². The molecule has 1 aliphatic rings. The normalized spacial score (nSPS) is 13.5. The fourth-order valence-corrected chi connectivity index (χ4v) is 2.76. The minimum absolute atomic E-state index is 0.171. The van der Waals surface area contributed by atoms with Gasteiger partial charge in [0, 0.05) is 13.1 Å². The highest BCUT2D eigenvalue weighted by Crippen LogP contribution is 2.26. The van der Waals surface area contributed by atoms with E-state index in [0.29, 0.717) is 19.6 Å². The van der Waals surface area contributed by atoms with Crippen LogP contribution in [0, 0.1) is 0 Å². The number of benzene rings is 1. The second-order valence-electron chi connectivity index (χ2n) is 7.23. The smallest absolute Gasteiger partial charge is 0.410 e. The van der Waals surface area contributed by atoms with E-state index >= 15 is 0 Å². The molecule has 0 atom stereocenters. The van der Waals surface area contributed by atoms with Crippen molar-refractivity contribution in [1.29, 1.82) is 0 Å². The van der Waals surface area contributed by atoms with Gasteiger partial charge in [0.25, 0.3) is 0 Å². The molecular formula is C18H22N4O4. The van der Waals surface area contributed by atoms with E-state index < -0.39 is 11.6 Å². The van der Waals surface area contributed by atoms with Gasteiger partial charge >= 0.3 is 12.1 Å². The maximum absolute atomic E-state index is 12.2. The molecule has 0 radical (unpaired) electrons. The van der Waals surface area contributed by atoms with E-state index in [9.17, 15) is 9.59 Å². The molecular weight excluding hydrogens is 336 g/mol. The number of carbonyl (C=O) groups is 2. The monoisotopic (exact) mass is 358 g/mol. The van der Waals surface area contributed by atoms with Gasteiger partial charge in [0.15, 0.2) is 5.69 Å². The minimum Gasteiger partial charge on any atom is -0.464 e. The average Bonchev–Trinajstić information content (AvgIpc) is 3.19. The van der Waals surface area contributed by atoms with Crippen LogP contribution in [0.15, 0.2) is 24.4 Å². The van der Waals surface area contributed by atoms with Crippen molar-refractivity contribution in [3.05, 3.63) is 46.8 Å². The van der Waals surface area contributed by atoms with Gasteiger partial charge in [-0.2, -0.15) is 0 Å². The van der Waals surface area contributed by atoms with Crippen molar-refractivity contribution in [1.82, 2.24) is 19.9 Å². The summed E-state index contributed by atoms with van der Waals surface area (Å²) in [6, 6.07) is 6.03. The predicted octanol–water partition coefficient (Wildman–Crippen LogP) is 2.36. The highest BCUT2D eigenvalue weighted by atomic mass is 16.6. The van der Waals surface area contributed by atoms with Crippen LogP contribution in [-0.2, 0) is 29.1 Å². The summed E-state index contributed by atoms with van der Waals surface area (Å²) in [5.74, 6) is -0.516. The summed E-state index contributed by atoms with van der Waals surface area (Å²) < 4.78 is 11.6. The topological polar surface area (TPSA) is 86.5 Å². The summed E-state index contributed by atoms with van der Waals surface area (Å²) in [5, 5.41) is 7.73. The van der Waals surface area contributed by atoms with Crippen molar-refractivity contribution in [2.75, 3.05) is 7.11 Å². The number of fused-ring (bicyclic) bond motifs is 1. The molecule has 138 valence electrons. The van der Waals surface area contributed by atoms with Gasteiger partial charge in [-0.25, -0.2) is 14.3 Å². The Morgan fingerprint density at radius 2 is 1.92 bits per heavy atom. The van der Waals surface area contributed by atoms with Crippen LogP contribution in [0.4, 0.5) is 4.79 Å². The van der Waals surface area contributed by atoms with Crippen molar-refractivity contribution in [3.63, 3.8) is 0 Å². The molecule has 0 saturated carbocycles. The zero-order valence-corrected chi connectivity index (χ0v) is 15.4. The molecule has 26 heavy (non-hydrogen) atoms. The largest absolute Gasteiger partial charge is 0.464 e. The van der Waals surface area contributed by atoms with Gasteiger partial charge in [-0.3, -0.25) is 4.90 Å². The number of rotatable bonds is 3. The van der Waals surface area contributed by atoms with Crippen LogP contribution in [0.5, 0.6) is 0 Å². The van der Waals surface area contributed by atoms with Crippen LogP contribution in [0.1, 0.15) is 48.0 Å². The Balaban J connectivity index is 1.68. The third-order valence-electron chi connectivity index (χ3n) is 3.92. The molecule has 3 rings (SSSR count). The van der Waals surface area contributed by atoms with Crippen molar-refractivity contribution < 1.29 is 19.1 Å². The fourth-order valence-electron chi connectivity index (χ4n) is 2.76. The van der Waals surface area contributed by atoms with Gasteiger partial charge < -0.3 is 9.47 Å². The molecule has 0 N–H and O–H groups in total. The first-order valence-corrected chi connectivity index (χ1v) is 8.32. The zero-order chi connectivity index (χ0) is 18.9. The third kappa shape index (κ3) is 4.01. The lowest BCUT2D eigenvalue weighted by Gasteiger charge is -2.24. The lowest BCUT2D eigenvalue weighted by molar-refractivity contribution is 0.0241. The van der Waals surface area contributed by atoms with Gasteiger partial charge in [0.05, 0.1) is 19.9 Å². The molecule has 1 aliphatic heterocycles. The maximum atomic E-state index is 12.2. The average molecular weight is 358 g/mol. The van der Waals surface area contributed by atoms with E-state index in [1.54, 1.807) is 15.8 Å². The molecule has 8 heteroatoms. The van der Waals surface area contributed by atoms with E-state index in [1.165, 1.54) is 7.11 Å². The number of carbonyl (C=O) groups excluding carboxylic acids is 2. The Bertz CT molecular complexity index is 838. The second kappa shape index (κ2) is 6.78. The summed E-state index contributed by atoms with van der Waals surface area (Å²) in [6.45, 7) is 7.10. The maximum Gasteiger partial charge on any atom is 0.410 e. The van der Waals surface area contributed by atoms with Gasteiger partial charge in [-0.1, -0.05) is 23.4 Å². The molecule has 0 fully saturated rings. The van der Waals surface area contributed by atoms with Gasteiger partial charge in [0.2, 0.25) is 0 Å². The SMILES string of the molecule is COC(=O)c1cn(Cc2ccc3c(c2)CN(C(=O)OC(C)(C)C)C3)nn1. The Morgan fingerprint density at radius 1 is 1.19 bits per heavy atom. The lowest BCUT2D eigenvalue weighted by atomic mass is 10.1. The Hall–Kier alpha value is -2.90. The van der Waals surface area contributed by atoms with Crippen LogP contribution < -0.4 is 0 Å². The number of hydrogen-bond acceptors (Lipinski definition) is 6. The van der Waals surface area contributed by atoms with E-state index in [2.05, 4.69) is 15.0 Å². The molecule has 1 aromatic heterocycles. The number of nitrogens with zero attached hydrogens (tertiary/aromatic N) is 4. The van der Waals surface area contributed by atoms with Crippen LogP contribution in [0.25, 0.3) is 0 Å². The first-order valence-electron chi connectivity index (χ1n) is 8.32.